The molecule has 0 bridgehead atoms. The minimum atomic E-state index is -0.802. The number of aliphatic hydroxyl groups excluding tert-OH is 1. The number of nitrogens with zero attached hydrogens (tertiary/aromatic N) is 2. The second kappa shape index (κ2) is 10.8. The van der Waals surface area contributed by atoms with E-state index in [1.54, 1.807) is 42.3 Å². The second-order valence-corrected chi connectivity index (χ2v) is 9.69. The van der Waals surface area contributed by atoms with Crippen LogP contribution < -0.4 is 20.3 Å². The van der Waals surface area contributed by atoms with Crippen LogP contribution in [0.3, 0.4) is 0 Å². The lowest BCUT2D eigenvalue weighted by Crippen LogP contribution is -2.44. The van der Waals surface area contributed by atoms with Gasteiger partial charge in [-0.15, -0.1) is 9.24 Å². The first-order valence-corrected chi connectivity index (χ1v) is 12.6. The van der Waals surface area contributed by atoms with Crippen LogP contribution in [0, 0.1) is 6.92 Å². The number of anilines is 1. The number of carbonyl (C=O) groups excluding carboxylic acids is 2. The molecule has 2 aromatic carbocycles. The van der Waals surface area contributed by atoms with E-state index in [0.29, 0.717) is 17.1 Å². The molecule has 1 aliphatic heterocycles. The molecule has 188 valence electrons. The number of methoxy groups -OCH3 is 1. The fourth-order valence-corrected chi connectivity index (χ4v) is 5.58. The Hall–Kier alpha value is -3.28. The van der Waals surface area contributed by atoms with Crippen molar-refractivity contribution in [3.05, 3.63) is 82.5 Å². The number of carbonyl (C=O) groups is 2. The fourth-order valence-electron chi connectivity index (χ4n) is 4.99. The Bertz CT molecular complexity index is 1260. The van der Waals surface area contributed by atoms with Gasteiger partial charge in [-0.05, 0) is 78.7 Å². The first-order valence-electron chi connectivity index (χ1n) is 12.0. The Kier molecular flexibility index (Phi) is 7.72. The Morgan fingerprint density at radius 1 is 1.19 bits per heavy atom. The smallest absolute Gasteiger partial charge is 0.251 e. The van der Waals surface area contributed by atoms with Gasteiger partial charge < -0.3 is 15.2 Å². The van der Waals surface area contributed by atoms with Gasteiger partial charge in [-0.3, -0.25) is 14.5 Å². The molecular weight excluding hydrogens is 473 g/mol. The van der Waals surface area contributed by atoms with Crippen LogP contribution in [-0.2, 0) is 17.8 Å². The van der Waals surface area contributed by atoms with Crippen LogP contribution in [0.5, 0.6) is 5.75 Å². The van der Waals surface area contributed by atoms with Crippen molar-refractivity contribution in [2.45, 2.75) is 51.8 Å². The minimum absolute atomic E-state index is 0.227. The summed E-state index contributed by atoms with van der Waals surface area (Å²) in [6, 6.07) is 15.4. The van der Waals surface area contributed by atoms with Crippen molar-refractivity contribution in [2.75, 3.05) is 12.0 Å². The number of hydrogen-bond donors (Lipinski definition) is 2. The van der Waals surface area contributed by atoms with Crippen LogP contribution in [0.4, 0.5) is 5.82 Å². The molecule has 8 heteroatoms. The fraction of sp³-hybridized carbons (Fsp3) is 0.321. The molecule has 1 saturated heterocycles. The zero-order valence-electron chi connectivity index (χ0n) is 21.0. The van der Waals surface area contributed by atoms with Crippen molar-refractivity contribution < 1.29 is 19.4 Å². The number of aryl methyl sites for hydroxylation is 2. The highest BCUT2D eigenvalue weighted by Gasteiger charge is 2.49. The van der Waals surface area contributed by atoms with Crippen LogP contribution in [0.15, 0.2) is 54.6 Å². The molecule has 0 aliphatic carbocycles. The zero-order valence-corrected chi connectivity index (χ0v) is 22.1. The highest BCUT2D eigenvalue weighted by molar-refractivity contribution is 7.27. The van der Waals surface area contributed by atoms with E-state index in [0.717, 1.165) is 34.2 Å². The summed E-state index contributed by atoms with van der Waals surface area (Å²) in [5, 5.41) is 13.5. The number of rotatable bonds is 7. The number of ether oxygens (including phenoxy) is 1. The van der Waals surface area contributed by atoms with Gasteiger partial charge in [0.2, 0.25) is 0 Å². The average Bonchev–Trinajstić information content (AvgIpc) is 3.12. The molecule has 1 aliphatic rings. The highest BCUT2D eigenvalue weighted by Crippen LogP contribution is 2.39. The molecule has 0 saturated carbocycles. The molecule has 3 aromatic rings. The van der Waals surface area contributed by atoms with E-state index in [1.807, 2.05) is 38.1 Å². The summed E-state index contributed by atoms with van der Waals surface area (Å²) in [6.45, 7) is 5.78. The number of hydrogen-bond acceptors (Lipinski definition) is 5. The zero-order chi connectivity index (χ0) is 26.0. The Morgan fingerprint density at radius 2 is 1.92 bits per heavy atom. The van der Waals surface area contributed by atoms with Crippen LogP contribution >= 0.6 is 9.24 Å². The van der Waals surface area contributed by atoms with Gasteiger partial charge >= 0.3 is 0 Å². The van der Waals surface area contributed by atoms with E-state index in [-0.39, 0.29) is 30.4 Å². The maximum Gasteiger partial charge on any atom is 0.251 e. The lowest BCUT2D eigenvalue weighted by Gasteiger charge is -2.27. The monoisotopic (exact) mass is 505 g/mol. The van der Waals surface area contributed by atoms with E-state index < -0.39 is 6.04 Å². The Balaban J connectivity index is 1.77. The molecule has 0 radical (unpaired) electrons. The Labute approximate surface area is 214 Å². The van der Waals surface area contributed by atoms with Gasteiger partial charge in [-0.1, -0.05) is 25.1 Å². The number of amides is 2. The van der Waals surface area contributed by atoms with Crippen molar-refractivity contribution in [2.24, 2.45) is 0 Å². The van der Waals surface area contributed by atoms with Gasteiger partial charge in [0.1, 0.15) is 17.6 Å². The number of nitrogens with one attached hydrogen (secondary N) is 1. The second-order valence-electron chi connectivity index (χ2n) is 9.07. The molecule has 2 N–H and O–H groups in total. The largest absolute Gasteiger partial charge is 0.497 e. The number of aliphatic hydroxyl groups is 1. The van der Waals surface area contributed by atoms with Gasteiger partial charge in [0.05, 0.1) is 19.4 Å². The van der Waals surface area contributed by atoms with Gasteiger partial charge in [0, 0.05) is 17.5 Å². The molecule has 4 rings (SSSR count). The third-order valence-corrected chi connectivity index (χ3v) is 7.34. The molecule has 2 heterocycles. The van der Waals surface area contributed by atoms with Crippen LogP contribution in [0.2, 0.25) is 0 Å². The quantitative estimate of drug-likeness (QED) is 0.481. The first kappa shape index (κ1) is 25.8. The number of benzene rings is 2. The molecule has 4 atom stereocenters. The summed E-state index contributed by atoms with van der Waals surface area (Å²) < 4.78 is 5.43. The average molecular weight is 506 g/mol. The van der Waals surface area contributed by atoms with Crippen molar-refractivity contribution in [1.29, 1.82) is 0 Å². The van der Waals surface area contributed by atoms with Gasteiger partial charge in [-0.2, -0.15) is 0 Å². The third-order valence-electron chi connectivity index (χ3n) is 6.86. The Morgan fingerprint density at radius 3 is 2.53 bits per heavy atom. The van der Waals surface area contributed by atoms with Gasteiger partial charge in [0.25, 0.3) is 11.8 Å². The van der Waals surface area contributed by atoms with E-state index in [9.17, 15) is 14.7 Å². The minimum Gasteiger partial charge on any atom is -0.497 e. The number of pyridine rings is 1. The van der Waals surface area contributed by atoms with Crippen molar-refractivity contribution in [3.63, 3.8) is 0 Å². The summed E-state index contributed by atoms with van der Waals surface area (Å²) >= 11 is 0. The topological polar surface area (TPSA) is 91.8 Å². The highest BCUT2D eigenvalue weighted by atomic mass is 31.0. The normalized spacial score (nSPS) is 19.4. The molecule has 0 spiro atoms. The van der Waals surface area contributed by atoms with Gasteiger partial charge in [-0.25, -0.2) is 4.98 Å². The molecule has 1 aromatic heterocycles. The molecule has 1 unspecified atom stereocenters. The predicted octanol–water partition coefficient (Wildman–Crippen LogP) is 3.27. The van der Waals surface area contributed by atoms with Gasteiger partial charge in [0.15, 0.2) is 0 Å². The standard InChI is InChI=1S/C28H32N3O4P/c1-5-18-9-11-19(12-10-18)27(33)30-26-25(24-16(2)13-21(35-4)14-22(24)36)17(3)31(28(26)34)23-8-6-7-20(15-32)29-23/h6-14,17,25-26,32H,5,15,36H2,1-4H3,(H,30,33)/t17-,25+,26+/m1/s1. The van der Waals surface area contributed by atoms with E-state index in [4.69, 9.17) is 4.74 Å². The SMILES string of the molecule is CCc1ccc(C(=O)N[C@@H]2C(=O)N(c3cccc(CO)n3)[C@H](C)[C@H]2c2c(C)cc(OC)cc2P)cc1. The lowest BCUT2D eigenvalue weighted by atomic mass is 9.85. The summed E-state index contributed by atoms with van der Waals surface area (Å²) in [6.07, 6.45) is 0.880. The molecular formula is C28H32N3O4P. The molecule has 1 fully saturated rings. The maximum atomic E-state index is 13.9. The van der Waals surface area contributed by atoms with Crippen molar-refractivity contribution in [3.8, 4) is 5.75 Å². The molecule has 36 heavy (non-hydrogen) atoms. The van der Waals surface area contributed by atoms with Crippen LogP contribution in [-0.4, -0.2) is 41.1 Å². The van der Waals surface area contributed by atoms with Crippen LogP contribution in [0.1, 0.15) is 52.5 Å². The summed E-state index contributed by atoms with van der Waals surface area (Å²) in [5.74, 6) is 0.291. The summed E-state index contributed by atoms with van der Waals surface area (Å²) in [7, 11) is 4.36. The van der Waals surface area contributed by atoms with E-state index in [1.165, 1.54) is 0 Å². The third kappa shape index (κ3) is 4.86. The van der Waals surface area contributed by atoms with Crippen molar-refractivity contribution >= 4 is 32.2 Å². The van der Waals surface area contributed by atoms with E-state index >= 15 is 0 Å². The summed E-state index contributed by atoms with van der Waals surface area (Å²) in [5.41, 5.74) is 4.05. The van der Waals surface area contributed by atoms with Crippen LogP contribution in [0.25, 0.3) is 0 Å². The predicted molar refractivity (Wildman–Crippen MR) is 144 cm³/mol. The maximum absolute atomic E-state index is 13.9. The first-order chi connectivity index (χ1) is 17.3. The molecule has 7 nitrogen and oxygen atoms in total. The molecule has 2 amide bonds. The summed E-state index contributed by atoms with van der Waals surface area (Å²) in [4.78, 5) is 33.3. The number of aromatic nitrogens is 1. The van der Waals surface area contributed by atoms with E-state index in [2.05, 4.69) is 26.5 Å². The van der Waals surface area contributed by atoms with Crippen molar-refractivity contribution in [1.82, 2.24) is 10.3 Å². The lowest BCUT2D eigenvalue weighted by molar-refractivity contribution is -0.118.